The number of rotatable bonds is 5. The number of aryl methyl sites for hydroxylation is 1. The van der Waals surface area contributed by atoms with Gasteiger partial charge in [0.05, 0.1) is 4.92 Å². The highest BCUT2D eigenvalue weighted by molar-refractivity contribution is 6.03. The van der Waals surface area contributed by atoms with E-state index in [0.717, 1.165) is 12.1 Å². The molecule has 1 atom stereocenters. The molecule has 0 radical (unpaired) electrons. The third-order valence-corrected chi connectivity index (χ3v) is 3.47. The third kappa shape index (κ3) is 4.37. The molecule has 0 aliphatic rings. The number of carbonyl (C=O) groups is 2. The summed E-state index contributed by atoms with van der Waals surface area (Å²) in [4.78, 5) is 34.8. The van der Waals surface area contributed by atoms with Crippen molar-refractivity contribution in [3.8, 4) is 0 Å². The van der Waals surface area contributed by atoms with Crippen LogP contribution >= 0.6 is 0 Å². The van der Waals surface area contributed by atoms with E-state index >= 15 is 0 Å². The summed E-state index contributed by atoms with van der Waals surface area (Å²) in [5, 5.41) is 16.1. The number of halogens is 1. The van der Waals surface area contributed by atoms with Gasteiger partial charge in [0.2, 0.25) is 5.91 Å². The van der Waals surface area contributed by atoms with Crippen LogP contribution in [0.1, 0.15) is 22.8 Å². The fourth-order valence-electron chi connectivity index (χ4n) is 2.26. The third-order valence-electron chi connectivity index (χ3n) is 3.47. The Balaban J connectivity index is 2.16. The number of amides is 2. The van der Waals surface area contributed by atoms with E-state index in [1.165, 1.54) is 13.8 Å². The zero-order valence-electron chi connectivity index (χ0n) is 13.6. The molecule has 0 spiro atoms. The minimum Gasteiger partial charge on any atom is -0.340 e. The van der Waals surface area contributed by atoms with Crippen LogP contribution in [0.15, 0.2) is 42.5 Å². The molecular weight excluding hydrogens is 329 g/mol. The molecule has 7 nitrogen and oxygen atoms in total. The van der Waals surface area contributed by atoms with Gasteiger partial charge in [0, 0.05) is 11.3 Å². The van der Waals surface area contributed by atoms with Gasteiger partial charge in [0.15, 0.2) is 0 Å². The number of nitro groups is 1. The van der Waals surface area contributed by atoms with Gasteiger partial charge in [-0.1, -0.05) is 18.2 Å². The first-order valence-electron chi connectivity index (χ1n) is 7.41. The van der Waals surface area contributed by atoms with Gasteiger partial charge in [-0.05, 0) is 38.1 Å². The highest BCUT2D eigenvalue weighted by Gasteiger charge is 2.26. The molecule has 0 aliphatic carbocycles. The standard InChI is InChI=1S/C17H16FN3O4/c1-10-8-12(18)9-14(15(10)21(24)25)17(23)19-11(2)16(22)20-13-6-4-3-5-7-13/h3-9,11H,1-2H3,(H,19,23)(H,20,22)/t11-/m0/s1. The van der Waals surface area contributed by atoms with Crippen molar-refractivity contribution in [3.05, 3.63) is 69.5 Å². The maximum atomic E-state index is 13.5. The lowest BCUT2D eigenvalue weighted by Gasteiger charge is -2.14. The molecule has 2 aromatic rings. The van der Waals surface area contributed by atoms with Crippen LogP contribution in [0.5, 0.6) is 0 Å². The monoisotopic (exact) mass is 345 g/mol. The van der Waals surface area contributed by atoms with Gasteiger partial charge in [-0.15, -0.1) is 0 Å². The lowest BCUT2D eigenvalue weighted by molar-refractivity contribution is -0.385. The van der Waals surface area contributed by atoms with Crippen LogP contribution in [0.2, 0.25) is 0 Å². The maximum Gasteiger partial charge on any atom is 0.285 e. The number of nitrogens with zero attached hydrogens (tertiary/aromatic N) is 1. The Morgan fingerprint density at radius 2 is 1.84 bits per heavy atom. The Labute approximate surface area is 143 Å². The van der Waals surface area contributed by atoms with Crippen molar-refractivity contribution in [2.45, 2.75) is 19.9 Å². The molecule has 8 heteroatoms. The van der Waals surface area contributed by atoms with E-state index in [0.29, 0.717) is 5.69 Å². The first kappa shape index (κ1) is 18.1. The maximum absolute atomic E-state index is 13.5. The van der Waals surface area contributed by atoms with Crippen LogP contribution in [0.3, 0.4) is 0 Å². The average molecular weight is 345 g/mol. The summed E-state index contributed by atoms with van der Waals surface area (Å²) in [6.45, 7) is 2.76. The van der Waals surface area contributed by atoms with Crippen LogP contribution in [0, 0.1) is 22.9 Å². The SMILES string of the molecule is Cc1cc(F)cc(C(=O)N[C@@H](C)C(=O)Nc2ccccc2)c1[N+](=O)[O-]. The van der Waals surface area contributed by atoms with Crippen LogP contribution < -0.4 is 10.6 Å². The van der Waals surface area contributed by atoms with Crippen molar-refractivity contribution in [2.24, 2.45) is 0 Å². The minimum atomic E-state index is -0.976. The molecule has 0 bridgehead atoms. The van der Waals surface area contributed by atoms with E-state index in [-0.39, 0.29) is 5.56 Å². The van der Waals surface area contributed by atoms with Crippen molar-refractivity contribution in [3.63, 3.8) is 0 Å². The first-order chi connectivity index (χ1) is 11.8. The quantitative estimate of drug-likeness (QED) is 0.642. The summed E-state index contributed by atoms with van der Waals surface area (Å²) < 4.78 is 13.5. The van der Waals surface area contributed by atoms with Gasteiger partial charge < -0.3 is 10.6 Å². The summed E-state index contributed by atoms with van der Waals surface area (Å²) in [7, 11) is 0. The van der Waals surface area contributed by atoms with Crippen molar-refractivity contribution < 1.29 is 18.9 Å². The molecule has 25 heavy (non-hydrogen) atoms. The smallest absolute Gasteiger partial charge is 0.285 e. The van der Waals surface area contributed by atoms with Crippen molar-refractivity contribution in [1.82, 2.24) is 5.32 Å². The van der Waals surface area contributed by atoms with E-state index in [9.17, 15) is 24.1 Å². The lowest BCUT2D eigenvalue weighted by atomic mass is 10.1. The largest absolute Gasteiger partial charge is 0.340 e. The summed E-state index contributed by atoms with van der Waals surface area (Å²) in [6, 6.07) is 9.38. The van der Waals surface area contributed by atoms with Crippen LogP contribution in [-0.4, -0.2) is 22.8 Å². The second kappa shape index (κ2) is 7.52. The van der Waals surface area contributed by atoms with Gasteiger partial charge in [-0.2, -0.15) is 0 Å². The summed E-state index contributed by atoms with van der Waals surface area (Å²) in [5.74, 6) is -2.17. The zero-order chi connectivity index (χ0) is 18.6. The number of carbonyl (C=O) groups excluding carboxylic acids is 2. The first-order valence-corrected chi connectivity index (χ1v) is 7.41. The highest BCUT2D eigenvalue weighted by Crippen LogP contribution is 2.24. The van der Waals surface area contributed by atoms with Crippen molar-refractivity contribution in [1.29, 1.82) is 0 Å². The number of hydrogen-bond donors (Lipinski definition) is 2. The van der Waals surface area contributed by atoms with Crippen molar-refractivity contribution >= 4 is 23.2 Å². The number of nitrogens with one attached hydrogen (secondary N) is 2. The van der Waals surface area contributed by atoms with Crippen LogP contribution in [0.25, 0.3) is 0 Å². The predicted octanol–water partition coefficient (Wildman–Crippen LogP) is 2.80. The molecule has 0 saturated heterocycles. The summed E-state index contributed by atoms with van der Waals surface area (Å²) in [5.41, 5.74) is -0.353. The Bertz CT molecular complexity index is 824. The molecule has 2 N–H and O–H groups in total. The van der Waals surface area contributed by atoms with Gasteiger partial charge >= 0.3 is 0 Å². The van der Waals surface area contributed by atoms with E-state index < -0.39 is 39.8 Å². The molecule has 2 amide bonds. The second-order valence-electron chi connectivity index (χ2n) is 5.43. The van der Waals surface area contributed by atoms with Crippen LogP contribution in [0.4, 0.5) is 15.8 Å². The number of hydrogen-bond acceptors (Lipinski definition) is 4. The molecule has 0 saturated carbocycles. The molecular formula is C17H16FN3O4. The number of anilines is 1. The number of para-hydroxylation sites is 1. The second-order valence-corrected chi connectivity index (χ2v) is 5.43. The number of benzene rings is 2. The van der Waals surface area contributed by atoms with Gasteiger partial charge in [-0.25, -0.2) is 4.39 Å². The fourth-order valence-corrected chi connectivity index (χ4v) is 2.26. The fraction of sp³-hybridized carbons (Fsp3) is 0.176. The van der Waals surface area contributed by atoms with E-state index in [1.807, 2.05) is 0 Å². The molecule has 130 valence electrons. The van der Waals surface area contributed by atoms with Gasteiger partial charge in [0.25, 0.3) is 11.6 Å². The Kier molecular flexibility index (Phi) is 5.43. The molecule has 0 fully saturated rings. The average Bonchev–Trinajstić information content (AvgIpc) is 2.54. The number of nitro benzene ring substituents is 1. The van der Waals surface area contributed by atoms with Gasteiger partial charge in [-0.3, -0.25) is 19.7 Å². The van der Waals surface area contributed by atoms with Gasteiger partial charge in [0.1, 0.15) is 17.4 Å². The van der Waals surface area contributed by atoms with E-state index in [1.54, 1.807) is 30.3 Å². The van der Waals surface area contributed by atoms with E-state index in [4.69, 9.17) is 0 Å². The predicted molar refractivity (Wildman–Crippen MR) is 89.8 cm³/mol. The Hall–Kier alpha value is -3.29. The molecule has 2 rings (SSSR count). The van der Waals surface area contributed by atoms with Crippen LogP contribution in [-0.2, 0) is 4.79 Å². The van der Waals surface area contributed by atoms with E-state index in [2.05, 4.69) is 10.6 Å². The normalized spacial score (nSPS) is 11.5. The summed E-state index contributed by atoms with van der Waals surface area (Å²) in [6.07, 6.45) is 0. The summed E-state index contributed by atoms with van der Waals surface area (Å²) >= 11 is 0. The molecule has 2 aromatic carbocycles. The Morgan fingerprint density at radius 3 is 2.44 bits per heavy atom. The van der Waals surface area contributed by atoms with Crippen molar-refractivity contribution in [2.75, 3.05) is 5.32 Å². The minimum absolute atomic E-state index is 0.0246. The Morgan fingerprint density at radius 1 is 1.20 bits per heavy atom. The molecule has 0 aromatic heterocycles. The molecule has 0 heterocycles. The zero-order valence-corrected chi connectivity index (χ0v) is 13.6. The lowest BCUT2D eigenvalue weighted by Crippen LogP contribution is -2.41. The molecule has 0 unspecified atom stereocenters. The topological polar surface area (TPSA) is 101 Å². The highest BCUT2D eigenvalue weighted by atomic mass is 19.1. The molecule has 0 aliphatic heterocycles.